The van der Waals surface area contributed by atoms with Crippen molar-refractivity contribution in [3.8, 4) is 17.2 Å². The number of aryl methyl sites for hydroxylation is 2. The molecule has 0 saturated carbocycles. The number of hydrogen-bond donors (Lipinski definition) is 1. The Bertz CT molecular complexity index is 1770. The maximum Gasteiger partial charge on any atom is 0.334 e. The quantitative estimate of drug-likeness (QED) is 0.0906. The van der Waals surface area contributed by atoms with E-state index in [2.05, 4.69) is 29.2 Å². The standard InChI is InChI=1S/C40H42N2O6/c1-28-23-33(16-18-36(28)46-3)35(34-17-19-37(47-4)29(2)24-34)26-41(25-30-11-7-5-8-12-30)39-32(21-22-43)15-20-38(40(39)42(44)45)48-27-31-13-9-6-10-14-31/h5-20,23-24,35,43H,21-22,25-27H2,1-4H3. The van der Waals surface area contributed by atoms with Crippen molar-refractivity contribution in [2.24, 2.45) is 0 Å². The second-order valence-electron chi connectivity index (χ2n) is 11.8. The van der Waals surface area contributed by atoms with Gasteiger partial charge in [-0.2, -0.15) is 0 Å². The molecule has 8 heteroatoms. The van der Waals surface area contributed by atoms with E-state index in [1.807, 2.05) is 92.7 Å². The van der Waals surface area contributed by atoms with E-state index in [1.165, 1.54) is 0 Å². The van der Waals surface area contributed by atoms with Gasteiger partial charge < -0.3 is 24.2 Å². The minimum absolute atomic E-state index is 0.122. The smallest absolute Gasteiger partial charge is 0.334 e. The normalized spacial score (nSPS) is 11.0. The highest BCUT2D eigenvalue weighted by atomic mass is 16.6. The van der Waals surface area contributed by atoms with E-state index in [4.69, 9.17) is 14.2 Å². The molecule has 0 spiro atoms. The van der Waals surface area contributed by atoms with Crippen LogP contribution in [0.2, 0.25) is 0 Å². The molecule has 0 aromatic heterocycles. The Labute approximate surface area is 282 Å². The highest BCUT2D eigenvalue weighted by Crippen LogP contribution is 2.43. The Morgan fingerprint density at radius 1 is 0.750 bits per heavy atom. The van der Waals surface area contributed by atoms with Gasteiger partial charge >= 0.3 is 5.69 Å². The van der Waals surface area contributed by atoms with E-state index < -0.39 is 0 Å². The number of aliphatic hydroxyl groups is 1. The Balaban J connectivity index is 1.69. The number of anilines is 1. The molecule has 48 heavy (non-hydrogen) atoms. The van der Waals surface area contributed by atoms with E-state index >= 15 is 0 Å². The fourth-order valence-corrected chi connectivity index (χ4v) is 6.21. The summed E-state index contributed by atoms with van der Waals surface area (Å²) in [6.07, 6.45) is 0.244. The summed E-state index contributed by atoms with van der Waals surface area (Å²) in [5, 5.41) is 23.2. The molecule has 0 amide bonds. The molecule has 0 unspecified atom stereocenters. The van der Waals surface area contributed by atoms with Gasteiger partial charge in [0.2, 0.25) is 0 Å². The predicted molar refractivity (Wildman–Crippen MR) is 189 cm³/mol. The number of methoxy groups -OCH3 is 2. The van der Waals surface area contributed by atoms with Crippen molar-refractivity contribution in [2.45, 2.75) is 39.3 Å². The molecule has 5 rings (SSSR count). The number of nitro groups is 1. The summed E-state index contributed by atoms with van der Waals surface area (Å²) in [4.78, 5) is 14.7. The van der Waals surface area contributed by atoms with E-state index in [0.29, 0.717) is 24.3 Å². The fraction of sp³-hybridized carbons (Fsp3) is 0.250. The number of benzene rings is 5. The van der Waals surface area contributed by atoms with Crippen molar-refractivity contribution in [3.05, 3.63) is 158 Å². The molecule has 0 fully saturated rings. The van der Waals surface area contributed by atoms with Crippen LogP contribution in [-0.4, -0.2) is 37.4 Å². The first-order valence-corrected chi connectivity index (χ1v) is 16.0. The summed E-state index contributed by atoms with van der Waals surface area (Å²) in [7, 11) is 3.31. The number of ether oxygens (including phenoxy) is 3. The predicted octanol–water partition coefficient (Wildman–Crippen LogP) is 8.18. The van der Waals surface area contributed by atoms with Gasteiger partial charge in [-0.05, 0) is 77.4 Å². The molecule has 0 aliphatic carbocycles. The fourth-order valence-electron chi connectivity index (χ4n) is 6.21. The summed E-state index contributed by atoms with van der Waals surface area (Å²) in [5.74, 6) is 1.55. The second kappa shape index (κ2) is 16.0. The Morgan fingerprint density at radius 2 is 1.29 bits per heavy atom. The molecule has 248 valence electrons. The first-order valence-electron chi connectivity index (χ1n) is 16.0. The average molecular weight is 647 g/mol. The number of nitrogens with zero attached hydrogens (tertiary/aromatic N) is 2. The molecule has 0 saturated heterocycles. The number of rotatable bonds is 15. The lowest BCUT2D eigenvalue weighted by molar-refractivity contribution is -0.385. The molecule has 8 nitrogen and oxygen atoms in total. The maximum atomic E-state index is 13.0. The summed E-state index contributed by atoms with van der Waals surface area (Å²) >= 11 is 0. The summed E-state index contributed by atoms with van der Waals surface area (Å²) in [6, 6.07) is 35.3. The zero-order valence-electron chi connectivity index (χ0n) is 27.9. The highest BCUT2D eigenvalue weighted by molar-refractivity contribution is 5.74. The summed E-state index contributed by atoms with van der Waals surface area (Å²) in [5.41, 5.74) is 6.94. The minimum atomic E-state index is -0.363. The van der Waals surface area contributed by atoms with Crippen LogP contribution >= 0.6 is 0 Å². The van der Waals surface area contributed by atoms with Gasteiger partial charge in [-0.25, -0.2) is 0 Å². The Morgan fingerprint density at radius 3 is 1.79 bits per heavy atom. The lowest BCUT2D eigenvalue weighted by Gasteiger charge is -2.32. The average Bonchev–Trinajstić information content (AvgIpc) is 3.10. The SMILES string of the molecule is COc1ccc(C(CN(Cc2ccccc2)c2c(CCO)ccc(OCc3ccccc3)c2[N+](=O)[O-])c2ccc(OC)c(C)c2)cc1C. The number of hydrogen-bond acceptors (Lipinski definition) is 7. The number of aliphatic hydroxyl groups excluding tert-OH is 1. The Hall–Kier alpha value is -5.34. The van der Waals surface area contributed by atoms with Crippen molar-refractivity contribution in [1.29, 1.82) is 0 Å². The van der Waals surface area contributed by atoms with Gasteiger partial charge in [0.25, 0.3) is 0 Å². The molecule has 0 aliphatic heterocycles. The summed E-state index contributed by atoms with van der Waals surface area (Å²) < 4.78 is 17.3. The van der Waals surface area contributed by atoms with Gasteiger partial charge in [0.05, 0.1) is 19.1 Å². The molecular formula is C40H42N2O6. The second-order valence-corrected chi connectivity index (χ2v) is 11.8. The van der Waals surface area contributed by atoms with Gasteiger partial charge in [0, 0.05) is 25.6 Å². The van der Waals surface area contributed by atoms with E-state index in [0.717, 1.165) is 44.9 Å². The maximum absolute atomic E-state index is 13.0. The molecule has 0 bridgehead atoms. The lowest BCUT2D eigenvalue weighted by atomic mass is 9.88. The van der Waals surface area contributed by atoms with Crippen molar-refractivity contribution in [3.63, 3.8) is 0 Å². The van der Waals surface area contributed by atoms with Crippen molar-refractivity contribution in [2.75, 3.05) is 32.3 Å². The first-order chi connectivity index (χ1) is 23.3. The molecule has 0 radical (unpaired) electrons. The van der Waals surface area contributed by atoms with Gasteiger partial charge in [-0.3, -0.25) is 10.1 Å². The van der Waals surface area contributed by atoms with Crippen LogP contribution in [0, 0.1) is 24.0 Å². The van der Waals surface area contributed by atoms with E-state index in [1.54, 1.807) is 20.3 Å². The minimum Gasteiger partial charge on any atom is -0.496 e. The van der Waals surface area contributed by atoms with Crippen LogP contribution in [-0.2, 0) is 19.6 Å². The third kappa shape index (κ3) is 7.96. The molecule has 5 aromatic rings. The highest BCUT2D eigenvalue weighted by Gasteiger charge is 2.31. The van der Waals surface area contributed by atoms with Crippen LogP contribution in [0.25, 0.3) is 0 Å². The molecular weight excluding hydrogens is 604 g/mol. The molecule has 5 aromatic carbocycles. The van der Waals surface area contributed by atoms with Crippen LogP contribution in [0.15, 0.2) is 109 Å². The molecule has 0 atom stereocenters. The first kappa shape index (κ1) is 34.0. The van der Waals surface area contributed by atoms with Crippen LogP contribution in [0.5, 0.6) is 17.2 Å². The van der Waals surface area contributed by atoms with Gasteiger partial charge in [0.15, 0.2) is 5.75 Å². The van der Waals surface area contributed by atoms with Crippen LogP contribution < -0.4 is 19.1 Å². The Kier molecular flexibility index (Phi) is 11.3. The van der Waals surface area contributed by atoms with Crippen LogP contribution in [0.1, 0.15) is 44.9 Å². The van der Waals surface area contributed by atoms with Gasteiger partial charge in [-0.1, -0.05) is 91.0 Å². The zero-order valence-corrected chi connectivity index (χ0v) is 27.9. The largest absolute Gasteiger partial charge is 0.496 e. The molecule has 1 N–H and O–H groups in total. The van der Waals surface area contributed by atoms with Gasteiger partial charge in [0.1, 0.15) is 23.8 Å². The topological polar surface area (TPSA) is 94.3 Å². The summed E-state index contributed by atoms with van der Waals surface area (Å²) in [6.45, 7) is 4.83. The van der Waals surface area contributed by atoms with Gasteiger partial charge in [-0.15, -0.1) is 0 Å². The van der Waals surface area contributed by atoms with Crippen molar-refractivity contribution in [1.82, 2.24) is 0 Å². The third-order valence-corrected chi connectivity index (χ3v) is 8.58. The lowest BCUT2D eigenvalue weighted by Crippen LogP contribution is -2.31. The number of nitro benzene ring substituents is 1. The van der Waals surface area contributed by atoms with E-state index in [9.17, 15) is 15.2 Å². The zero-order chi connectivity index (χ0) is 34.0. The van der Waals surface area contributed by atoms with Crippen molar-refractivity contribution < 1.29 is 24.2 Å². The van der Waals surface area contributed by atoms with Crippen molar-refractivity contribution >= 4 is 11.4 Å². The van der Waals surface area contributed by atoms with Crippen LogP contribution in [0.3, 0.4) is 0 Å². The van der Waals surface area contributed by atoms with E-state index in [-0.39, 0.29) is 41.9 Å². The van der Waals surface area contributed by atoms with Crippen LogP contribution in [0.4, 0.5) is 11.4 Å². The monoisotopic (exact) mass is 646 g/mol. The third-order valence-electron chi connectivity index (χ3n) is 8.58. The molecule has 0 heterocycles. The molecule has 0 aliphatic rings.